The van der Waals surface area contributed by atoms with Crippen LogP contribution in [0, 0.1) is 0 Å². The number of hydrogen-bond donors (Lipinski definition) is 0. The van der Waals surface area contributed by atoms with Crippen LogP contribution in [0.4, 0.5) is 0 Å². The zero-order valence-electron chi connectivity index (χ0n) is 7.63. The quantitative estimate of drug-likeness (QED) is 0.664. The highest BCUT2D eigenvalue weighted by atomic mass is 16.1. The first-order valence-corrected chi connectivity index (χ1v) is 4.12. The number of carbonyl (C=O) groups excluding carboxylic acids is 1. The molecule has 0 radical (unpaired) electrons. The van der Waals surface area contributed by atoms with Gasteiger partial charge in [-0.2, -0.15) is 5.11 Å². The number of nitrogens with zero attached hydrogens (tertiary/aromatic N) is 2. The van der Waals surface area contributed by atoms with Gasteiger partial charge in [0, 0.05) is 6.08 Å². The molecule has 70 valence electrons. The largest absolute Gasteiger partial charge is 0.289 e. The molecule has 1 aromatic carbocycles. The molecule has 1 aliphatic rings. The molecule has 0 saturated carbocycles. The van der Waals surface area contributed by atoms with E-state index in [1.54, 1.807) is 0 Å². The molecule has 1 amide bonds. The molecule has 0 unspecified atom stereocenters. The van der Waals surface area contributed by atoms with Crippen molar-refractivity contribution >= 4 is 12.0 Å². The van der Waals surface area contributed by atoms with Crippen molar-refractivity contribution in [2.45, 2.75) is 0 Å². The molecule has 1 heterocycles. The van der Waals surface area contributed by atoms with Crippen molar-refractivity contribution in [2.75, 3.05) is 0 Å². The molecule has 0 aliphatic carbocycles. The van der Waals surface area contributed by atoms with E-state index in [1.807, 2.05) is 36.4 Å². The highest BCUT2D eigenvalue weighted by Gasteiger charge is 1.92. The van der Waals surface area contributed by atoms with E-state index in [0.29, 0.717) is 0 Å². The first-order chi connectivity index (χ1) is 6.83. The van der Waals surface area contributed by atoms with E-state index in [9.17, 15) is 4.79 Å². The molecular weight excluding hydrogens is 176 g/mol. The fourth-order valence-corrected chi connectivity index (χ4v) is 0.810. The molecule has 0 aromatic heterocycles. The Kier molecular flexibility index (Phi) is 4.01. The zero-order valence-corrected chi connectivity index (χ0v) is 7.63. The average molecular weight is 186 g/mol. The Labute approximate surface area is 82.5 Å². The molecule has 14 heavy (non-hydrogen) atoms. The number of rotatable bonds is 1. The summed E-state index contributed by atoms with van der Waals surface area (Å²) in [6, 6.07) is 10.0. The second-order valence-corrected chi connectivity index (χ2v) is 2.48. The SMILES string of the molecule is C=Cc1ccccc1.O=C1C=CN=N1. The van der Waals surface area contributed by atoms with Crippen LogP contribution in [0.2, 0.25) is 0 Å². The van der Waals surface area contributed by atoms with Crippen molar-refractivity contribution in [1.29, 1.82) is 0 Å². The van der Waals surface area contributed by atoms with Crippen molar-refractivity contribution in [1.82, 2.24) is 0 Å². The Hall–Kier alpha value is -2.03. The lowest BCUT2D eigenvalue weighted by molar-refractivity contribution is -0.113. The maximum atomic E-state index is 9.90. The topological polar surface area (TPSA) is 41.8 Å². The van der Waals surface area contributed by atoms with E-state index in [-0.39, 0.29) is 5.91 Å². The summed E-state index contributed by atoms with van der Waals surface area (Å²) in [4.78, 5) is 9.90. The van der Waals surface area contributed by atoms with Crippen LogP contribution in [0.5, 0.6) is 0 Å². The van der Waals surface area contributed by atoms with Gasteiger partial charge in [0.2, 0.25) is 0 Å². The molecule has 0 fully saturated rings. The molecule has 0 saturated heterocycles. The summed E-state index contributed by atoms with van der Waals surface area (Å²) in [7, 11) is 0. The monoisotopic (exact) mass is 186 g/mol. The minimum atomic E-state index is -0.269. The Balaban J connectivity index is 0.000000146. The molecule has 0 spiro atoms. The van der Waals surface area contributed by atoms with E-state index < -0.39 is 0 Å². The minimum absolute atomic E-state index is 0.269. The van der Waals surface area contributed by atoms with Crippen LogP contribution < -0.4 is 0 Å². The fraction of sp³-hybridized carbons (Fsp3) is 0. The molecule has 1 aromatic rings. The van der Waals surface area contributed by atoms with Crippen LogP contribution in [0.25, 0.3) is 6.08 Å². The highest BCUT2D eigenvalue weighted by molar-refractivity contribution is 5.89. The predicted octanol–water partition coefficient (Wildman–Crippen LogP) is 2.82. The van der Waals surface area contributed by atoms with Crippen molar-refractivity contribution in [3.05, 3.63) is 54.8 Å². The van der Waals surface area contributed by atoms with E-state index in [0.717, 1.165) is 0 Å². The first kappa shape index (κ1) is 10.1. The summed E-state index contributed by atoms with van der Waals surface area (Å²) in [6.45, 7) is 3.63. The van der Waals surface area contributed by atoms with Crippen LogP contribution in [0.3, 0.4) is 0 Å². The Bertz CT molecular complexity index is 352. The van der Waals surface area contributed by atoms with Crippen LogP contribution >= 0.6 is 0 Å². The van der Waals surface area contributed by atoms with Gasteiger partial charge in [0.1, 0.15) is 0 Å². The van der Waals surface area contributed by atoms with Gasteiger partial charge in [-0.15, -0.1) is 5.11 Å². The van der Waals surface area contributed by atoms with E-state index in [1.165, 1.54) is 17.8 Å². The van der Waals surface area contributed by atoms with Crippen molar-refractivity contribution in [2.24, 2.45) is 10.2 Å². The third-order valence-electron chi connectivity index (χ3n) is 1.48. The molecule has 3 heteroatoms. The normalized spacial score (nSPS) is 12.1. The van der Waals surface area contributed by atoms with Crippen molar-refractivity contribution < 1.29 is 4.79 Å². The van der Waals surface area contributed by atoms with Crippen LogP contribution in [-0.4, -0.2) is 5.91 Å². The predicted molar refractivity (Wildman–Crippen MR) is 55.5 cm³/mol. The maximum absolute atomic E-state index is 9.90. The molecular formula is C11H10N2O. The summed E-state index contributed by atoms with van der Waals surface area (Å²) < 4.78 is 0. The number of azo groups is 1. The first-order valence-electron chi connectivity index (χ1n) is 4.12. The van der Waals surface area contributed by atoms with Crippen LogP contribution in [0.1, 0.15) is 5.56 Å². The summed E-state index contributed by atoms with van der Waals surface area (Å²) in [5.41, 5.74) is 1.17. The summed E-state index contributed by atoms with van der Waals surface area (Å²) >= 11 is 0. The number of benzene rings is 1. The Morgan fingerprint density at radius 2 is 1.93 bits per heavy atom. The van der Waals surface area contributed by atoms with Gasteiger partial charge >= 0.3 is 0 Å². The van der Waals surface area contributed by atoms with Crippen LogP contribution in [-0.2, 0) is 4.79 Å². The molecule has 3 nitrogen and oxygen atoms in total. The summed E-state index contributed by atoms with van der Waals surface area (Å²) in [6.07, 6.45) is 4.50. The third kappa shape index (κ3) is 3.58. The number of amides is 1. The van der Waals surface area contributed by atoms with E-state index in [2.05, 4.69) is 16.8 Å². The summed E-state index contributed by atoms with van der Waals surface area (Å²) in [5, 5.41) is 6.37. The second kappa shape index (κ2) is 5.59. The standard InChI is InChI=1S/C8H8.C3H2N2O/c1-2-8-6-4-3-5-7-8;6-3-1-2-4-5-3/h2-7H,1H2;1-2H. The second-order valence-electron chi connectivity index (χ2n) is 2.48. The summed E-state index contributed by atoms with van der Waals surface area (Å²) in [5.74, 6) is -0.269. The Morgan fingerprint density at radius 1 is 1.21 bits per heavy atom. The van der Waals surface area contributed by atoms with Gasteiger partial charge in [0.25, 0.3) is 5.91 Å². The van der Waals surface area contributed by atoms with Crippen LogP contribution in [0.15, 0.2) is 59.4 Å². The fourth-order valence-electron chi connectivity index (χ4n) is 0.810. The van der Waals surface area contributed by atoms with E-state index >= 15 is 0 Å². The lowest BCUT2D eigenvalue weighted by Crippen LogP contribution is -1.74. The molecule has 0 atom stereocenters. The lowest BCUT2D eigenvalue weighted by Gasteiger charge is -1.85. The molecule has 0 bridgehead atoms. The number of carbonyl (C=O) groups is 1. The van der Waals surface area contributed by atoms with Gasteiger partial charge in [-0.25, -0.2) is 0 Å². The smallest absolute Gasteiger partial charge is 0.266 e. The Morgan fingerprint density at radius 3 is 2.21 bits per heavy atom. The highest BCUT2D eigenvalue weighted by Crippen LogP contribution is 1.97. The zero-order chi connectivity index (χ0) is 10.2. The lowest BCUT2D eigenvalue weighted by atomic mass is 10.2. The molecule has 2 rings (SSSR count). The van der Waals surface area contributed by atoms with Crippen molar-refractivity contribution in [3.63, 3.8) is 0 Å². The number of hydrogen-bond acceptors (Lipinski definition) is 2. The van der Waals surface area contributed by atoms with Gasteiger partial charge in [0.15, 0.2) is 0 Å². The van der Waals surface area contributed by atoms with Gasteiger partial charge < -0.3 is 0 Å². The third-order valence-corrected chi connectivity index (χ3v) is 1.48. The van der Waals surface area contributed by atoms with Gasteiger partial charge in [-0.3, -0.25) is 4.79 Å². The maximum Gasteiger partial charge on any atom is 0.289 e. The molecule has 1 aliphatic heterocycles. The van der Waals surface area contributed by atoms with Gasteiger partial charge in [-0.05, 0) is 5.56 Å². The molecule has 0 N–H and O–H groups in total. The average Bonchev–Trinajstić information content (AvgIpc) is 2.71. The van der Waals surface area contributed by atoms with Crippen molar-refractivity contribution in [3.8, 4) is 0 Å². The van der Waals surface area contributed by atoms with E-state index in [4.69, 9.17) is 0 Å². The van der Waals surface area contributed by atoms with Gasteiger partial charge in [0.05, 0.1) is 6.20 Å². The van der Waals surface area contributed by atoms with Gasteiger partial charge in [-0.1, -0.05) is 43.0 Å². The minimum Gasteiger partial charge on any atom is -0.266 e.